The molecule has 0 atom stereocenters. The van der Waals surface area contributed by atoms with Gasteiger partial charge in [0.05, 0.1) is 12.2 Å². The third-order valence-electron chi connectivity index (χ3n) is 3.53. The summed E-state index contributed by atoms with van der Waals surface area (Å²) in [6.45, 7) is 1.76. The average molecular weight is 415 g/mol. The second-order valence-electron chi connectivity index (χ2n) is 5.39. The molecule has 0 radical (unpaired) electrons. The van der Waals surface area contributed by atoms with Gasteiger partial charge in [-0.25, -0.2) is 8.42 Å². The van der Waals surface area contributed by atoms with Gasteiger partial charge in [-0.2, -0.15) is 4.31 Å². The summed E-state index contributed by atoms with van der Waals surface area (Å²) in [7, 11) is -2.30. The standard InChI is InChI=1S/C15H15BrN2O5S/c1-9-3-4-10(23-9)7-18(2)24(20,21)14-6-13-12(5-11(14)16)17-15(19)8-22-13/h3-6H,7-8H2,1-2H3,(H,17,19). The lowest BCUT2D eigenvalue weighted by molar-refractivity contribution is -0.118. The summed E-state index contributed by atoms with van der Waals surface area (Å²) in [5.74, 6) is 1.31. The molecule has 3 rings (SSSR count). The molecule has 1 N–H and O–H groups in total. The van der Waals surface area contributed by atoms with Crippen LogP contribution in [0.1, 0.15) is 11.5 Å². The summed E-state index contributed by atoms with van der Waals surface area (Å²) in [4.78, 5) is 11.4. The van der Waals surface area contributed by atoms with Crippen LogP contribution in [0, 0.1) is 6.92 Å². The van der Waals surface area contributed by atoms with Gasteiger partial charge in [-0.15, -0.1) is 0 Å². The van der Waals surface area contributed by atoms with Gasteiger partial charge in [-0.1, -0.05) is 0 Å². The van der Waals surface area contributed by atoms with Gasteiger partial charge in [0, 0.05) is 17.6 Å². The van der Waals surface area contributed by atoms with Crippen molar-refractivity contribution in [1.82, 2.24) is 4.31 Å². The maximum Gasteiger partial charge on any atom is 0.262 e. The van der Waals surface area contributed by atoms with E-state index in [1.165, 1.54) is 23.5 Å². The van der Waals surface area contributed by atoms with Gasteiger partial charge in [0.15, 0.2) is 6.61 Å². The van der Waals surface area contributed by atoms with Gasteiger partial charge in [-0.05, 0) is 41.1 Å². The second-order valence-corrected chi connectivity index (χ2v) is 8.26. The normalized spacial score (nSPS) is 14.2. The first-order valence-corrected chi connectivity index (χ1v) is 9.28. The zero-order valence-electron chi connectivity index (χ0n) is 13.0. The molecule has 2 heterocycles. The van der Waals surface area contributed by atoms with Crippen molar-refractivity contribution in [2.45, 2.75) is 18.4 Å². The number of rotatable bonds is 4. The Morgan fingerprint density at radius 1 is 1.33 bits per heavy atom. The summed E-state index contributed by atoms with van der Waals surface area (Å²) in [5, 5.41) is 2.63. The van der Waals surface area contributed by atoms with Gasteiger partial charge >= 0.3 is 0 Å². The number of sulfonamides is 1. The Morgan fingerprint density at radius 2 is 2.08 bits per heavy atom. The van der Waals surface area contributed by atoms with Crippen LogP contribution in [0.4, 0.5) is 5.69 Å². The minimum atomic E-state index is -3.77. The summed E-state index contributed by atoms with van der Waals surface area (Å²) < 4.78 is 37.9. The minimum Gasteiger partial charge on any atom is -0.482 e. The highest BCUT2D eigenvalue weighted by atomic mass is 79.9. The van der Waals surface area contributed by atoms with Crippen LogP contribution in [0.3, 0.4) is 0 Å². The van der Waals surface area contributed by atoms with Crippen molar-refractivity contribution >= 4 is 37.5 Å². The first-order chi connectivity index (χ1) is 11.3. The van der Waals surface area contributed by atoms with Crippen LogP contribution in [0.5, 0.6) is 5.75 Å². The largest absolute Gasteiger partial charge is 0.482 e. The van der Waals surface area contributed by atoms with Crippen molar-refractivity contribution < 1.29 is 22.4 Å². The summed E-state index contributed by atoms with van der Waals surface area (Å²) in [6.07, 6.45) is 0. The number of halogens is 1. The Bertz CT molecular complexity index is 907. The van der Waals surface area contributed by atoms with E-state index in [1.54, 1.807) is 19.1 Å². The lowest BCUT2D eigenvalue weighted by atomic mass is 10.2. The fraction of sp³-hybridized carbons (Fsp3) is 0.267. The van der Waals surface area contributed by atoms with Crippen molar-refractivity contribution in [3.63, 3.8) is 0 Å². The number of fused-ring (bicyclic) bond motifs is 1. The van der Waals surface area contributed by atoms with Crippen LogP contribution in [-0.2, 0) is 21.4 Å². The van der Waals surface area contributed by atoms with Crippen molar-refractivity contribution in [1.29, 1.82) is 0 Å². The van der Waals surface area contributed by atoms with Gasteiger partial charge < -0.3 is 14.5 Å². The molecule has 0 unspecified atom stereocenters. The smallest absolute Gasteiger partial charge is 0.262 e. The number of anilines is 1. The molecule has 0 aliphatic carbocycles. The maximum absolute atomic E-state index is 12.8. The second kappa shape index (κ2) is 6.23. The molecule has 1 aromatic carbocycles. The predicted molar refractivity (Wildman–Crippen MR) is 90.4 cm³/mol. The van der Waals surface area contributed by atoms with E-state index in [9.17, 15) is 13.2 Å². The molecule has 128 valence electrons. The third kappa shape index (κ3) is 3.19. The molecule has 1 aromatic heterocycles. The molecule has 7 nitrogen and oxygen atoms in total. The number of benzene rings is 1. The SMILES string of the molecule is Cc1ccc(CN(C)S(=O)(=O)c2cc3c(cc2Br)NC(=O)CO3)o1. The number of carbonyl (C=O) groups is 1. The number of hydrogen-bond donors (Lipinski definition) is 1. The molecule has 2 aromatic rings. The molecule has 0 fully saturated rings. The minimum absolute atomic E-state index is 0.0585. The monoisotopic (exact) mass is 414 g/mol. The van der Waals surface area contributed by atoms with E-state index < -0.39 is 10.0 Å². The summed E-state index contributed by atoms with van der Waals surface area (Å²) in [5.41, 5.74) is 0.432. The van der Waals surface area contributed by atoms with Gasteiger partial charge in [-0.3, -0.25) is 4.79 Å². The van der Waals surface area contributed by atoms with Crippen molar-refractivity contribution in [2.75, 3.05) is 19.0 Å². The molecule has 0 bridgehead atoms. The molecule has 1 aliphatic rings. The molecule has 1 aliphatic heterocycles. The number of carbonyl (C=O) groups excluding carboxylic acids is 1. The lowest BCUT2D eigenvalue weighted by Gasteiger charge is -2.21. The number of ether oxygens (including phenoxy) is 1. The van der Waals surface area contributed by atoms with E-state index in [0.717, 1.165) is 5.76 Å². The van der Waals surface area contributed by atoms with E-state index in [1.807, 2.05) is 0 Å². The summed E-state index contributed by atoms with van der Waals surface area (Å²) >= 11 is 3.25. The van der Waals surface area contributed by atoms with Crippen LogP contribution < -0.4 is 10.1 Å². The highest BCUT2D eigenvalue weighted by molar-refractivity contribution is 9.10. The molecule has 0 spiro atoms. The van der Waals surface area contributed by atoms with Crippen LogP contribution in [0.25, 0.3) is 0 Å². The number of nitrogens with one attached hydrogen (secondary N) is 1. The molecule has 0 saturated carbocycles. The summed E-state index contributed by atoms with van der Waals surface area (Å²) in [6, 6.07) is 6.44. The fourth-order valence-corrected chi connectivity index (χ4v) is 4.47. The van der Waals surface area contributed by atoms with Crippen LogP contribution in [0.15, 0.2) is 38.1 Å². The Hall–Kier alpha value is -1.84. The number of furan rings is 1. The van der Waals surface area contributed by atoms with Crippen LogP contribution in [0.2, 0.25) is 0 Å². The number of hydrogen-bond acceptors (Lipinski definition) is 5. The van der Waals surface area contributed by atoms with E-state index in [-0.39, 0.29) is 24.0 Å². The average Bonchev–Trinajstić information content (AvgIpc) is 2.91. The van der Waals surface area contributed by atoms with Crippen LogP contribution >= 0.6 is 15.9 Å². The van der Waals surface area contributed by atoms with Crippen molar-refractivity contribution in [3.8, 4) is 5.75 Å². The Morgan fingerprint density at radius 3 is 2.75 bits per heavy atom. The first-order valence-electron chi connectivity index (χ1n) is 7.05. The molecule has 1 amide bonds. The van der Waals surface area contributed by atoms with E-state index in [4.69, 9.17) is 9.15 Å². The Balaban J connectivity index is 1.93. The van der Waals surface area contributed by atoms with Gasteiger partial charge in [0.2, 0.25) is 10.0 Å². The highest BCUT2D eigenvalue weighted by Gasteiger charge is 2.28. The van der Waals surface area contributed by atoms with E-state index in [2.05, 4.69) is 21.2 Å². The molecule has 9 heteroatoms. The zero-order valence-corrected chi connectivity index (χ0v) is 15.4. The first kappa shape index (κ1) is 17.0. The predicted octanol–water partition coefficient (Wildman–Crippen LogP) is 2.50. The molecular formula is C15H15BrN2O5S. The van der Waals surface area contributed by atoms with E-state index in [0.29, 0.717) is 21.7 Å². The van der Waals surface area contributed by atoms with Crippen LogP contribution in [-0.4, -0.2) is 32.3 Å². The molecule has 0 saturated heterocycles. The quantitative estimate of drug-likeness (QED) is 0.829. The molecular weight excluding hydrogens is 400 g/mol. The highest BCUT2D eigenvalue weighted by Crippen LogP contribution is 2.37. The Kier molecular flexibility index (Phi) is 4.41. The third-order valence-corrected chi connectivity index (χ3v) is 6.29. The van der Waals surface area contributed by atoms with Crippen molar-refractivity contribution in [3.05, 3.63) is 40.3 Å². The fourth-order valence-electron chi connectivity index (χ4n) is 2.32. The zero-order chi connectivity index (χ0) is 17.5. The topological polar surface area (TPSA) is 88.9 Å². The number of amides is 1. The molecule has 24 heavy (non-hydrogen) atoms. The Labute approximate surface area is 147 Å². The van der Waals surface area contributed by atoms with Gasteiger partial charge in [0.25, 0.3) is 5.91 Å². The number of nitrogens with zero attached hydrogens (tertiary/aromatic N) is 1. The number of aryl methyl sites for hydroxylation is 1. The van der Waals surface area contributed by atoms with Gasteiger partial charge in [0.1, 0.15) is 22.2 Å². The van der Waals surface area contributed by atoms with E-state index >= 15 is 0 Å². The van der Waals surface area contributed by atoms with Crippen molar-refractivity contribution in [2.24, 2.45) is 0 Å². The lowest BCUT2D eigenvalue weighted by Crippen LogP contribution is -2.28. The maximum atomic E-state index is 12.8.